The van der Waals surface area contributed by atoms with E-state index < -0.39 is 0 Å². The van der Waals surface area contributed by atoms with Crippen LogP contribution >= 0.6 is 0 Å². The van der Waals surface area contributed by atoms with Gasteiger partial charge in [-0.2, -0.15) is 0 Å². The number of benzene rings is 2. The van der Waals surface area contributed by atoms with Gasteiger partial charge in [-0.3, -0.25) is 4.79 Å². The molecule has 0 saturated heterocycles. The van der Waals surface area contributed by atoms with E-state index in [2.05, 4.69) is 0 Å². The van der Waals surface area contributed by atoms with Gasteiger partial charge in [-0.25, -0.2) is 0 Å². The summed E-state index contributed by atoms with van der Waals surface area (Å²) in [6.07, 6.45) is 0.823. The molecule has 3 rings (SSSR count). The quantitative estimate of drug-likeness (QED) is 0.765. The van der Waals surface area contributed by atoms with Gasteiger partial charge < -0.3 is 14.2 Å². The van der Waals surface area contributed by atoms with Crippen LogP contribution in [0.5, 0.6) is 11.5 Å². The molecule has 2 atom stereocenters. The minimum Gasteiger partial charge on any atom is -0.493 e. The maximum Gasteiger partial charge on any atom is 0.309 e. The molecule has 0 N–H and O–H groups in total. The number of methoxy groups -OCH3 is 2. The standard InChI is InChI=1S/C19H20O4/c1-21-17-9-8-14(10-18(17)22-2)15-11-16(15)19(20)23-12-13-6-4-3-5-7-13/h3-10,15-16H,11-12H2,1-2H3/t15-,16+/m1/s1. The molecule has 0 unspecified atom stereocenters. The number of rotatable bonds is 6. The van der Waals surface area contributed by atoms with E-state index in [9.17, 15) is 4.79 Å². The molecule has 2 aromatic rings. The van der Waals surface area contributed by atoms with E-state index in [0.29, 0.717) is 18.1 Å². The Kier molecular flexibility index (Phi) is 4.51. The van der Waals surface area contributed by atoms with Crippen molar-refractivity contribution >= 4 is 5.97 Å². The van der Waals surface area contributed by atoms with Crippen LogP contribution < -0.4 is 9.47 Å². The van der Waals surface area contributed by atoms with E-state index in [1.165, 1.54) is 0 Å². The van der Waals surface area contributed by atoms with E-state index in [1.807, 2.05) is 48.5 Å². The highest BCUT2D eigenvalue weighted by Gasteiger charge is 2.45. The smallest absolute Gasteiger partial charge is 0.309 e. The summed E-state index contributed by atoms with van der Waals surface area (Å²) in [6, 6.07) is 15.5. The van der Waals surface area contributed by atoms with Crippen molar-refractivity contribution < 1.29 is 19.0 Å². The summed E-state index contributed by atoms with van der Waals surface area (Å²) in [5.74, 6) is 1.40. The Morgan fingerprint density at radius 3 is 2.48 bits per heavy atom. The second kappa shape index (κ2) is 6.73. The second-order valence-corrected chi connectivity index (χ2v) is 5.66. The molecule has 0 bridgehead atoms. The van der Waals surface area contributed by atoms with E-state index in [1.54, 1.807) is 14.2 Å². The van der Waals surface area contributed by atoms with Crippen molar-refractivity contribution in [2.24, 2.45) is 5.92 Å². The minimum absolute atomic E-state index is 0.0585. The molecule has 4 heteroatoms. The van der Waals surface area contributed by atoms with Crippen LogP contribution in [0.15, 0.2) is 48.5 Å². The van der Waals surface area contributed by atoms with Gasteiger partial charge in [-0.15, -0.1) is 0 Å². The average molecular weight is 312 g/mol. The lowest BCUT2D eigenvalue weighted by atomic mass is 10.1. The number of hydrogen-bond donors (Lipinski definition) is 0. The Morgan fingerprint density at radius 2 is 1.78 bits per heavy atom. The SMILES string of the molecule is COc1ccc([C@H]2C[C@@H]2C(=O)OCc2ccccc2)cc1OC. The Labute approximate surface area is 136 Å². The van der Waals surface area contributed by atoms with Crippen LogP contribution in [0.25, 0.3) is 0 Å². The molecule has 120 valence electrons. The third-order valence-corrected chi connectivity index (χ3v) is 4.15. The molecule has 2 aromatic carbocycles. The first-order valence-corrected chi connectivity index (χ1v) is 7.65. The van der Waals surface area contributed by atoms with E-state index in [4.69, 9.17) is 14.2 Å². The molecule has 0 spiro atoms. The van der Waals surface area contributed by atoms with Gasteiger partial charge in [0, 0.05) is 0 Å². The maximum absolute atomic E-state index is 12.2. The molecule has 1 saturated carbocycles. The summed E-state index contributed by atoms with van der Waals surface area (Å²) < 4.78 is 16.0. The Balaban J connectivity index is 1.59. The van der Waals surface area contributed by atoms with Crippen molar-refractivity contribution in [3.8, 4) is 11.5 Å². The van der Waals surface area contributed by atoms with Gasteiger partial charge in [0.05, 0.1) is 20.1 Å². The lowest BCUT2D eigenvalue weighted by Crippen LogP contribution is -2.08. The van der Waals surface area contributed by atoms with Crippen LogP contribution in [0.3, 0.4) is 0 Å². The van der Waals surface area contributed by atoms with Crippen LogP contribution in [0.4, 0.5) is 0 Å². The van der Waals surface area contributed by atoms with E-state index in [0.717, 1.165) is 17.5 Å². The van der Waals surface area contributed by atoms with Crippen molar-refractivity contribution in [1.82, 2.24) is 0 Å². The van der Waals surface area contributed by atoms with Gasteiger partial charge in [0.2, 0.25) is 0 Å². The zero-order chi connectivity index (χ0) is 16.2. The summed E-state index contributed by atoms with van der Waals surface area (Å²) in [4.78, 5) is 12.2. The summed E-state index contributed by atoms with van der Waals surface area (Å²) in [6.45, 7) is 0.328. The van der Waals surface area contributed by atoms with Crippen LogP contribution in [-0.4, -0.2) is 20.2 Å². The van der Waals surface area contributed by atoms with Gasteiger partial charge >= 0.3 is 5.97 Å². The van der Waals surface area contributed by atoms with Crippen molar-refractivity contribution in [3.05, 3.63) is 59.7 Å². The predicted molar refractivity (Wildman–Crippen MR) is 86.6 cm³/mol. The predicted octanol–water partition coefficient (Wildman–Crippen LogP) is 3.55. The van der Waals surface area contributed by atoms with E-state index in [-0.39, 0.29) is 17.8 Å². The van der Waals surface area contributed by atoms with Gasteiger partial charge in [0.1, 0.15) is 6.61 Å². The Morgan fingerprint density at radius 1 is 1.04 bits per heavy atom. The first kappa shape index (κ1) is 15.4. The van der Waals surface area contributed by atoms with Crippen LogP contribution in [-0.2, 0) is 16.1 Å². The number of carbonyl (C=O) groups is 1. The lowest BCUT2D eigenvalue weighted by molar-refractivity contribution is -0.146. The van der Waals surface area contributed by atoms with Crippen molar-refractivity contribution in [3.63, 3.8) is 0 Å². The summed E-state index contributed by atoms with van der Waals surface area (Å²) in [5, 5.41) is 0. The largest absolute Gasteiger partial charge is 0.493 e. The molecule has 23 heavy (non-hydrogen) atoms. The summed E-state index contributed by atoms with van der Waals surface area (Å²) in [5.41, 5.74) is 2.09. The molecule has 1 aliphatic carbocycles. The van der Waals surface area contributed by atoms with Crippen molar-refractivity contribution in [2.75, 3.05) is 14.2 Å². The van der Waals surface area contributed by atoms with Gasteiger partial charge in [0.15, 0.2) is 11.5 Å². The molecule has 0 amide bonds. The molecule has 0 radical (unpaired) electrons. The summed E-state index contributed by atoms with van der Waals surface area (Å²) >= 11 is 0. The van der Waals surface area contributed by atoms with Gasteiger partial charge in [0.25, 0.3) is 0 Å². The third kappa shape index (κ3) is 3.47. The Hall–Kier alpha value is -2.49. The normalized spacial score (nSPS) is 19.0. The number of hydrogen-bond acceptors (Lipinski definition) is 4. The van der Waals surface area contributed by atoms with E-state index >= 15 is 0 Å². The molecular formula is C19H20O4. The van der Waals surface area contributed by atoms with Crippen LogP contribution in [0.2, 0.25) is 0 Å². The fourth-order valence-corrected chi connectivity index (χ4v) is 2.74. The zero-order valence-electron chi connectivity index (χ0n) is 13.3. The molecule has 1 fully saturated rings. The topological polar surface area (TPSA) is 44.8 Å². The van der Waals surface area contributed by atoms with Crippen molar-refractivity contribution in [1.29, 1.82) is 0 Å². The number of carbonyl (C=O) groups excluding carboxylic acids is 1. The highest BCUT2D eigenvalue weighted by molar-refractivity contribution is 5.77. The first-order valence-electron chi connectivity index (χ1n) is 7.65. The molecule has 0 aliphatic heterocycles. The van der Waals surface area contributed by atoms with Crippen LogP contribution in [0.1, 0.15) is 23.5 Å². The number of ether oxygens (including phenoxy) is 3. The fraction of sp³-hybridized carbons (Fsp3) is 0.316. The zero-order valence-corrected chi connectivity index (χ0v) is 13.3. The van der Waals surface area contributed by atoms with Gasteiger partial charge in [-0.1, -0.05) is 36.4 Å². The third-order valence-electron chi connectivity index (χ3n) is 4.15. The molecule has 4 nitrogen and oxygen atoms in total. The molecule has 1 aliphatic rings. The molecule has 0 heterocycles. The van der Waals surface area contributed by atoms with Crippen molar-refractivity contribution in [2.45, 2.75) is 18.9 Å². The highest BCUT2D eigenvalue weighted by Crippen LogP contribution is 2.49. The minimum atomic E-state index is -0.131. The first-order chi connectivity index (χ1) is 11.2. The average Bonchev–Trinajstić information content (AvgIpc) is 3.40. The monoisotopic (exact) mass is 312 g/mol. The second-order valence-electron chi connectivity index (χ2n) is 5.66. The summed E-state index contributed by atoms with van der Waals surface area (Å²) in [7, 11) is 3.22. The Bertz CT molecular complexity index is 681. The fourth-order valence-electron chi connectivity index (χ4n) is 2.74. The molecular weight excluding hydrogens is 292 g/mol. The lowest BCUT2D eigenvalue weighted by Gasteiger charge is -2.09. The number of esters is 1. The van der Waals surface area contributed by atoms with Gasteiger partial charge in [-0.05, 0) is 35.6 Å². The van der Waals surface area contributed by atoms with Crippen LogP contribution in [0, 0.1) is 5.92 Å². The molecule has 0 aromatic heterocycles. The highest BCUT2D eigenvalue weighted by atomic mass is 16.5. The maximum atomic E-state index is 12.2.